The minimum Gasteiger partial charge on any atom is -0.481 e. The molecule has 0 saturated carbocycles. The summed E-state index contributed by atoms with van der Waals surface area (Å²) in [4.78, 5) is 32.8. The summed E-state index contributed by atoms with van der Waals surface area (Å²) in [6, 6.07) is 7.64. The van der Waals surface area contributed by atoms with E-state index in [-0.39, 0.29) is 12.1 Å². The Labute approximate surface area is 130 Å². The Morgan fingerprint density at radius 1 is 1.09 bits per heavy atom. The molecule has 0 spiro atoms. The van der Waals surface area contributed by atoms with Crippen LogP contribution in [0.1, 0.15) is 5.56 Å². The van der Waals surface area contributed by atoms with Crippen LogP contribution in [0.25, 0.3) is 10.8 Å². The molecule has 0 radical (unpaired) electrons. The van der Waals surface area contributed by atoms with E-state index >= 15 is 0 Å². The van der Waals surface area contributed by atoms with Crippen molar-refractivity contribution >= 4 is 28.4 Å². The molecule has 0 fully saturated rings. The van der Waals surface area contributed by atoms with Gasteiger partial charge in [0.05, 0.1) is 16.2 Å². The van der Waals surface area contributed by atoms with Crippen molar-refractivity contribution in [2.45, 2.75) is 12.5 Å². The summed E-state index contributed by atoms with van der Waals surface area (Å²) in [7, 11) is 0. The van der Waals surface area contributed by atoms with Gasteiger partial charge in [-0.3, -0.25) is 19.7 Å². The zero-order valence-corrected chi connectivity index (χ0v) is 11.9. The molecule has 0 aliphatic rings. The van der Waals surface area contributed by atoms with Crippen LogP contribution in [0.3, 0.4) is 0 Å². The first-order valence-corrected chi connectivity index (χ1v) is 6.69. The van der Waals surface area contributed by atoms with Crippen molar-refractivity contribution in [1.29, 1.82) is 0 Å². The van der Waals surface area contributed by atoms with E-state index in [1.165, 1.54) is 12.1 Å². The summed E-state index contributed by atoms with van der Waals surface area (Å²) in [6.45, 7) is 0. The molecule has 0 aliphatic carbocycles. The van der Waals surface area contributed by atoms with Crippen molar-refractivity contribution in [1.82, 2.24) is 0 Å². The lowest BCUT2D eigenvalue weighted by Crippen LogP contribution is -2.43. The Morgan fingerprint density at radius 3 is 2.22 bits per heavy atom. The Bertz CT molecular complexity index is 789. The molecule has 2 aromatic rings. The molecule has 4 N–H and O–H groups in total. The lowest BCUT2D eigenvalue weighted by molar-refractivity contribution is -0.383. The Balaban J connectivity index is 2.52. The van der Waals surface area contributed by atoms with Gasteiger partial charge in [-0.1, -0.05) is 24.3 Å². The van der Waals surface area contributed by atoms with Gasteiger partial charge in [0.2, 0.25) is 0 Å². The van der Waals surface area contributed by atoms with Gasteiger partial charge in [-0.15, -0.1) is 0 Å². The summed E-state index contributed by atoms with van der Waals surface area (Å²) in [5.41, 5.74) is 5.84. The van der Waals surface area contributed by atoms with E-state index < -0.39 is 28.8 Å². The van der Waals surface area contributed by atoms with Gasteiger partial charge in [0.1, 0.15) is 6.04 Å². The number of fused-ring (bicyclic) bond motifs is 1. The molecular formula is C15H14N2O6. The fraction of sp³-hybridized carbons (Fsp3) is 0.200. The van der Waals surface area contributed by atoms with Crippen molar-refractivity contribution in [2.24, 2.45) is 11.7 Å². The van der Waals surface area contributed by atoms with Crippen LogP contribution in [0.4, 0.5) is 5.69 Å². The highest BCUT2D eigenvalue weighted by Crippen LogP contribution is 2.30. The summed E-state index contributed by atoms with van der Waals surface area (Å²) < 4.78 is 0. The summed E-state index contributed by atoms with van der Waals surface area (Å²) in [6.07, 6.45) is -0.138. The maximum Gasteiger partial charge on any atom is 0.321 e. The number of nitro benzene ring substituents is 1. The topological polar surface area (TPSA) is 144 Å². The maximum absolute atomic E-state index is 11.3. The minimum atomic E-state index is -1.57. The van der Waals surface area contributed by atoms with Gasteiger partial charge in [0.15, 0.2) is 0 Å². The quantitative estimate of drug-likeness (QED) is 0.539. The number of carboxylic acid groups (broad SMARTS) is 2. The molecule has 120 valence electrons. The van der Waals surface area contributed by atoms with Crippen LogP contribution in [-0.2, 0) is 16.0 Å². The molecule has 0 bridgehead atoms. The zero-order valence-electron chi connectivity index (χ0n) is 11.9. The number of benzene rings is 2. The highest BCUT2D eigenvalue weighted by Gasteiger charge is 2.31. The molecule has 1 unspecified atom stereocenters. The number of hydrogen-bond acceptors (Lipinski definition) is 5. The minimum absolute atomic E-state index is 0.0984. The average Bonchev–Trinajstić information content (AvgIpc) is 2.51. The molecule has 23 heavy (non-hydrogen) atoms. The van der Waals surface area contributed by atoms with E-state index in [9.17, 15) is 24.8 Å². The van der Waals surface area contributed by atoms with Gasteiger partial charge in [0, 0.05) is 6.07 Å². The van der Waals surface area contributed by atoms with E-state index in [2.05, 4.69) is 0 Å². The van der Waals surface area contributed by atoms with Crippen LogP contribution in [0.2, 0.25) is 0 Å². The number of rotatable bonds is 6. The summed E-state index contributed by atoms with van der Waals surface area (Å²) in [5.74, 6) is -4.08. The second-order valence-corrected chi connectivity index (χ2v) is 5.06. The van der Waals surface area contributed by atoms with E-state index in [0.29, 0.717) is 16.3 Å². The molecule has 2 aromatic carbocycles. The molecule has 2 rings (SSSR count). The van der Waals surface area contributed by atoms with E-state index in [1.54, 1.807) is 24.3 Å². The zero-order chi connectivity index (χ0) is 17.1. The third kappa shape index (κ3) is 3.27. The Kier molecular flexibility index (Phi) is 4.56. The predicted octanol–water partition coefficient (Wildman–Crippen LogP) is 1.40. The first kappa shape index (κ1) is 16.4. The lowest BCUT2D eigenvalue weighted by atomic mass is 9.90. The number of hydrogen-bond donors (Lipinski definition) is 3. The van der Waals surface area contributed by atoms with Crippen LogP contribution in [0.15, 0.2) is 36.4 Å². The van der Waals surface area contributed by atoms with Gasteiger partial charge in [0.25, 0.3) is 5.69 Å². The smallest absolute Gasteiger partial charge is 0.321 e. The first-order valence-electron chi connectivity index (χ1n) is 6.69. The number of nitrogens with two attached hydrogens (primary N) is 1. The van der Waals surface area contributed by atoms with Crippen molar-refractivity contribution < 1.29 is 24.7 Å². The van der Waals surface area contributed by atoms with Gasteiger partial charge in [-0.2, -0.15) is 0 Å². The fourth-order valence-electron chi connectivity index (χ4n) is 2.46. The maximum atomic E-state index is 11.3. The number of non-ortho nitro benzene ring substituents is 1. The second kappa shape index (κ2) is 6.41. The molecule has 0 aromatic heterocycles. The average molecular weight is 318 g/mol. The number of carbonyl (C=O) groups is 2. The molecule has 2 atom stereocenters. The van der Waals surface area contributed by atoms with Gasteiger partial charge in [-0.05, 0) is 23.4 Å². The number of carboxylic acids is 2. The Hall–Kier alpha value is -3.00. The molecule has 8 heteroatoms. The third-order valence-electron chi connectivity index (χ3n) is 3.66. The number of nitrogens with zero attached hydrogens (tertiary/aromatic N) is 1. The normalized spacial score (nSPS) is 13.4. The van der Waals surface area contributed by atoms with Gasteiger partial charge >= 0.3 is 11.9 Å². The van der Waals surface area contributed by atoms with Crippen molar-refractivity contribution in [3.8, 4) is 0 Å². The SMILES string of the molecule is N[C@H](C(=O)O)C(Cc1ccc([N+](=O)[O-])c2ccccc12)C(=O)O. The molecule has 0 heterocycles. The summed E-state index contributed by atoms with van der Waals surface area (Å²) in [5, 5.41) is 30.1. The van der Waals surface area contributed by atoms with E-state index in [0.717, 1.165) is 0 Å². The largest absolute Gasteiger partial charge is 0.481 e. The van der Waals surface area contributed by atoms with Crippen molar-refractivity contribution in [3.63, 3.8) is 0 Å². The number of aliphatic carboxylic acids is 2. The fourth-order valence-corrected chi connectivity index (χ4v) is 2.46. The van der Waals surface area contributed by atoms with E-state index in [1.807, 2.05) is 0 Å². The number of nitro groups is 1. The van der Waals surface area contributed by atoms with Crippen molar-refractivity contribution in [2.75, 3.05) is 0 Å². The molecule has 0 saturated heterocycles. The van der Waals surface area contributed by atoms with Crippen LogP contribution in [-0.4, -0.2) is 33.1 Å². The standard InChI is InChI=1S/C15H14N2O6/c16-13(15(20)21)11(14(18)19)7-8-5-6-12(17(22)23)10-4-2-1-3-9(8)10/h1-6,11,13H,7,16H2,(H,18,19)(H,20,21)/t11?,13-/m0/s1. The predicted molar refractivity (Wildman–Crippen MR) is 81.0 cm³/mol. The van der Waals surface area contributed by atoms with E-state index in [4.69, 9.17) is 10.8 Å². The first-order chi connectivity index (χ1) is 10.8. The monoisotopic (exact) mass is 318 g/mol. The van der Waals surface area contributed by atoms with Gasteiger partial charge in [-0.25, -0.2) is 0 Å². The molecular weight excluding hydrogens is 304 g/mol. The van der Waals surface area contributed by atoms with Crippen LogP contribution in [0, 0.1) is 16.0 Å². The Morgan fingerprint density at radius 2 is 1.70 bits per heavy atom. The van der Waals surface area contributed by atoms with Crippen LogP contribution < -0.4 is 5.73 Å². The van der Waals surface area contributed by atoms with Crippen LogP contribution in [0.5, 0.6) is 0 Å². The summed E-state index contributed by atoms with van der Waals surface area (Å²) >= 11 is 0. The lowest BCUT2D eigenvalue weighted by Gasteiger charge is -2.17. The third-order valence-corrected chi connectivity index (χ3v) is 3.66. The molecule has 0 amide bonds. The second-order valence-electron chi connectivity index (χ2n) is 5.06. The highest BCUT2D eigenvalue weighted by atomic mass is 16.6. The molecule has 8 nitrogen and oxygen atoms in total. The molecule has 0 aliphatic heterocycles. The van der Waals surface area contributed by atoms with Gasteiger partial charge < -0.3 is 15.9 Å². The van der Waals surface area contributed by atoms with Crippen molar-refractivity contribution in [3.05, 3.63) is 52.1 Å². The van der Waals surface area contributed by atoms with Crippen LogP contribution >= 0.6 is 0 Å². The highest BCUT2D eigenvalue weighted by molar-refractivity contribution is 5.94.